The second kappa shape index (κ2) is 8.15. The highest BCUT2D eigenvalue weighted by Gasteiger charge is 2.07. The van der Waals surface area contributed by atoms with Crippen molar-refractivity contribution in [2.75, 3.05) is 19.0 Å². The molecule has 0 saturated carbocycles. The van der Waals surface area contributed by atoms with Crippen molar-refractivity contribution in [1.82, 2.24) is 0 Å². The molecule has 0 fully saturated rings. The van der Waals surface area contributed by atoms with Gasteiger partial charge in [0, 0.05) is 11.8 Å². The predicted molar refractivity (Wildman–Crippen MR) is 93.0 cm³/mol. The van der Waals surface area contributed by atoms with E-state index in [2.05, 4.69) is 19.2 Å². The minimum Gasteiger partial charge on any atom is -0.496 e. The van der Waals surface area contributed by atoms with E-state index in [4.69, 9.17) is 9.47 Å². The first kappa shape index (κ1) is 17.5. The van der Waals surface area contributed by atoms with Crippen LogP contribution in [0.25, 0.3) is 0 Å². The fourth-order valence-electron chi connectivity index (χ4n) is 2.18. The van der Waals surface area contributed by atoms with Gasteiger partial charge in [0.05, 0.1) is 12.7 Å². The van der Waals surface area contributed by atoms with E-state index >= 15 is 0 Å². The lowest BCUT2D eigenvalue weighted by molar-refractivity contribution is -0.118. The van der Waals surface area contributed by atoms with Crippen molar-refractivity contribution in [2.45, 2.75) is 19.8 Å². The summed E-state index contributed by atoms with van der Waals surface area (Å²) >= 11 is 0. The Morgan fingerprint density at radius 3 is 2.46 bits per heavy atom. The quantitative estimate of drug-likeness (QED) is 0.788. The number of benzene rings is 2. The predicted octanol–water partition coefficient (Wildman–Crippen LogP) is 3.65. The topological polar surface area (TPSA) is 64.6 Å². The molecule has 24 heavy (non-hydrogen) atoms. The molecule has 5 heteroatoms. The van der Waals surface area contributed by atoms with Crippen molar-refractivity contribution in [3.63, 3.8) is 0 Å². The van der Waals surface area contributed by atoms with E-state index in [1.165, 1.54) is 12.7 Å². The Morgan fingerprint density at radius 1 is 1.17 bits per heavy atom. The molecular formula is C19H21NO4. The second-order valence-corrected chi connectivity index (χ2v) is 5.64. The molecule has 0 aliphatic carbocycles. The first-order valence-electron chi connectivity index (χ1n) is 7.69. The molecule has 0 spiro atoms. The molecule has 2 aromatic carbocycles. The number of nitrogens with one attached hydrogen (secondary N) is 1. The molecule has 0 radical (unpaired) electrons. The van der Waals surface area contributed by atoms with Crippen molar-refractivity contribution in [3.05, 3.63) is 53.6 Å². The first-order valence-corrected chi connectivity index (χ1v) is 7.69. The number of anilines is 1. The summed E-state index contributed by atoms with van der Waals surface area (Å²) < 4.78 is 10.5. The average Bonchev–Trinajstić information content (AvgIpc) is 2.60. The van der Waals surface area contributed by atoms with Crippen LogP contribution in [0.1, 0.15) is 35.7 Å². The molecule has 5 nitrogen and oxygen atoms in total. The molecule has 2 aromatic rings. The van der Waals surface area contributed by atoms with Gasteiger partial charge in [-0.3, -0.25) is 9.59 Å². The highest BCUT2D eigenvalue weighted by molar-refractivity contribution is 5.91. The summed E-state index contributed by atoms with van der Waals surface area (Å²) in [5.41, 5.74) is 2.37. The highest BCUT2D eigenvalue weighted by Crippen LogP contribution is 2.23. The van der Waals surface area contributed by atoms with Crippen LogP contribution in [0.4, 0.5) is 5.69 Å². The summed E-state index contributed by atoms with van der Waals surface area (Å²) in [6.07, 6.45) is 0.705. The highest BCUT2D eigenvalue weighted by atomic mass is 16.5. The molecule has 0 heterocycles. The van der Waals surface area contributed by atoms with Crippen LogP contribution in [-0.4, -0.2) is 25.9 Å². The lowest BCUT2D eigenvalue weighted by Crippen LogP contribution is -2.20. The summed E-state index contributed by atoms with van der Waals surface area (Å²) in [4.78, 5) is 22.8. The number of aldehydes is 1. The Kier molecular flexibility index (Phi) is 5.95. The van der Waals surface area contributed by atoms with Gasteiger partial charge in [0.25, 0.3) is 5.91 Å². The first-order chi connectivity index (χ1) is 11.5. The Labute approximate surface area is 141 Å². The molecule has 0 unspecified atom stereocenters. The molecule has 126 valence electrons. The van der Waals surface area contributed by atoms with Gasteiger partial charge in [-0.05, 0) is 35.7 Å². The summed E-state index contributed by atoms with van der Waals surface area (Å²) in [5, 5.41) is 2.78. The molecular weight excluding hydrogens is 306 g/mol. The van der Waals surface area contributed by atoms with E-state index in [-0.39, 0.29) is 12.5 Å². The third kappa shape index (κ3) is 4.59. The van der Waals surface area contributed by atoms with E-state index in [9.17, 15) is 9.59 Å². The van der Waals surface area contributed by atoms with Gasteiger partial charge in [-0.1, -0.05) is 26.0 Å². The molecule has 0 bridgehead atoms. The number of carbonyl (C=O) groups is 2. The maximum atomic E-state index is 12.0. The van der Waals surface area contributed by atoms with Crippen molar-refractivity contribution in [2.24, 2.45) is 0 Å². The van der Waals surface area contributed by atoms with Gasteiger partial charge < -0.3 is 14.8 Å². The van der Waals surface area contributed by atoms with Crippen LogP contribution in [-0.2, 0) is 4.79 Å². The van der Waals surface area contributed by atoms with Crippen LogP contribution in [0, 0.1) is 0 Å². The summed E-state index contributed by atoms with van der Waals surface area (Å²) in [7, 11) is 1.47. The van der Waals surface area contributed by atoms with Gasteiger partial charge in [-0.25, -0.2) is 0 Å². The van der Waals surface area contributed by atoms with E-state index in [1.54, 1.807) is 18.2 Å². The van der Waals surface area contributed by atoms with Crippen LogP contribution < -0.4 is 14.8 Å². The largest absolute Gasteiger partial charge is 0.496 e. The monoisotopic (exact) mass is 327 g/mol. The zero-order valence-electron chi connectivity index (χ0n) is 14.0. The van der Waals surface area contributed by atoms with Crippen molar-refractivity contribution in [1.29, 1.82) is 0 Å². The summed E-state index contributed by atoms with van der Waals surface area (Å²) in [6.45, 7) is 4.10. The van der Waals surface area contributed by atoms with Crippen LogP contribution in [0.2, 0.25) is 0 Å². The fourth-order valence-corrected chi connectivity index (χ4v) is 2.18. The normalized spacial score (nSPS) is 10.3. The van der Waals surface area contributed by atoms with Crippen LogP contribution in [0.15, 0.2) is 42.5 Å². The molecule has 0 aliphatic rings. The minimum atomic E-state index is -0.259. The number of methoxy groups -OCH3 is 1. The molecule has 1 amide bonds. The number of hydrogen-bond donors (Lipinski definition) is 1. The summed E-state index contributed by atoms with van der Waals surface area (Å²) in [6, 6.07) is 12.5. The van der Waals surface area contributed by atoms with E-state index in [1.807, 2.05) is 24.3 Å². The van der Waals surface area contributed by atoms with Gasteiger partial charge >= 0.3 is 0 Å². The molecule has 0 aromatic heterocycles. The Balaban J connectivity index is 1.92. The lowest BCUT2D eigenvalue weighted by atomic mass is 10.0. The third-order valence-electron chi connectivity index (χ3n) is 3.56. The Bertz CT molecular complexity index is 708. The SMILES string of the molecule is COc1cc(OCC(=O)Nc2ccc(C(C)C)cc2)ccc1C=O. The Morgan fingerprint density at radius 2 is 1.88 bits per heavy atom. The molecule has 2 rings (SSSR count). The third-order valence-corrected chi connectivity index (χ3v) is 3.56. The van der Waals surface area contributed by atoms with E-state index in [0.29, 0.717) is 29.3 Å². The number of amides is 1. The second-order valence-electron chi connectivity index (χ2n) is 5.64. The van der Waals surface area contributed by atoms with Crippen LogP contribution in [0.5, 0.6) is 11.5 Å². The maximum absolute atomic E-state index is 12.0. The molecule has 0 atom stereocenters. The lowest BCUT2D eigenvalue weighted by Gasteiger charge is -2.10. The number of ether oxygens (including phenoxy) is 2. The molecule has 0 aliphatic heterocycles. The minimum absolute atomic E-state index is 0.129. The van der Waals surface area contributed by atoms with Gasteiger partial charge in [-0.15, -0.1) is 0 Å². The zero-order chi connectivity index (χ0) is 17.5. The van der Waals surface area contributed by atoms with Crippen molar-refractivity contribution < 1.29 is 19.1 Å². The number of carbonyl (C=O) groups excluding carboxylic acids is 2. The summed E-state index contributed by atoms with van der Waals surface area (Å²) in [5.74, 6) is 1.06. The average molecular weight is 327 g/mol. The van der Waals surface area contributed by atoms with Crippen molar-refractivity contribution in [3.8, 4) is 11.5 Å². The van der Waals surface area contributed by atoms with Crippen LogP contribution >= 0.6 is 0 Å². The van der Waals surface area contributed by atoms with Crippen LogP contribution in [0.3, 0.4) is 0 Å². The molecule has 0 saturated heterocycles. The zero-order valence-corrected chi connectivity index (χ0v) is 14.0. The van der Waals surface area contributed by atoms with Crippen molar-refractivity contribution >= 4 is 17.9 Å². The van der Waals surface area contributed by atoms with E-state index < -0.39 is 0 Å². The Hall–Kier alpha value is -2.82. The van der Waals surface area contributed by atoms with Gasteiger partial charge in [0.15, 0.2) is 12.9 Å². The standard InChI is InChI=1S/C19H21NO4/c1-13(2)14-4-7-16(8-5-14)20-19(22)12-24-17-9-6-15(11-21)18(10-17)23-3/h4-11,13H,12H2,1-3H3,(H,20,22). The number of hydrogen-bond acceptors (Lipinski definition) is 4. The maximum Gasteiger partial charge on any atom is 0.262 e. The van der Waals surface area contributed by atoms with Gasteiger partial charge in [0.1, 0.15) is 11.5 Å². The molecule has 1 N–H and O–H groups in total. The fraction of sp³-hybridized carbons (Fsp3) is 0.263. The van der Waals surface area contributed by atoms with Gasteiger partial charge in [-0.2, -0.15) is 0 Å². The number of rotatable bonds is 7. The smallest absolute Gasteiger partial charge is 0.262 e. The van der Waals surface area contributed by atoms with E-state index in [0.717, 1.165) is 5.69 Å². The van der Waals surface area contributed by atoms with Gasteiger partial charge in [0.2, 0.25) is 0 Å².